The zero-order chi connectivity index (χ0) is 22.4. The second kappa shape index (κ2) is 9.62. The molecule has 0 aliphatic rings. The number of sulfonamides is 1. The Labute approximate surface area is 184 Å². The van der Waals surface area contributed by atoms with E-state index in [1.165, 1.54) is 22.5 Å². The van der Waals surface area contributed by atoms with Crippen LogP contribution in [0.4, 0.5) is 11.4 Å². The Morgan fingerprint density at radius 3 is 2.35 bits per heavy atom. The molecule has 0 saturated heterocycles. The van der Waals surface area contributed by atoms with Crippen molar-refractivity contribution in [3.05, 3.63) is 103 Å². The third-order valence-corrected chi connectivity index (χ3v) is 6.64. The Balaban J connectivity index is 1.93. The molecule has 0 atom stereocenters. The molecule has 160 valence electrons. The van der Waals surface area contributed by atoms with Crippen molar-refractivity contribution in [2.45, 2.75) is 24.7 Å². The van der Waals surface area contributed by atoms with Gasteiger partial charge >= 0.3 is 0 Å². The van der Waals surface area contributed by atoms with E-state index in [0.29, 0.717) is 11.4 Å². The molecule has 0 saturated carbocycles. The Morgan fingerprint density at radius 2 is 1.68 bits per heavy atom. The number of carbonyl (C=O) groups excluding carboxylic acids is 1. The van der Waals surface area contributed by atoms with Crippen LogP contribution in [0.3, 0.4) is 0 Å². The van der Waals surface area contributed by atoms with Crippen molar-refractivity contribution in [3.8, 4) is 0 Å². The van der Waals surface area contributed by atoms with Crippen molar-refractivity contribution in [2.24, 2.45) is 0 Å². The lowest BCUT2D eigenvalue weighted by molar-refractivity contribution is 0.102. The number of para-hydroxylation sites is 2. The number of hydrogen-bond donors (Lipinski definition) is 1. The van der Waals surface area contributed by atoms with E-state index in [1.807, 2.05) is 30.3 Å². The maximum Gasteiger partial charge on any atom is 0.264 e. The van der Waals surface area contributed by atoms with Crippen molar-refractivity contribution < 1.29 is 13.2 Å². The van der Waals surface area contributed by atoms with Crippen molar-refractivity contribution in [1.82, 2.24) is 0 Å². The van der Waals surface area contributed by atoms with Gasteiger partial charge in [-0.15, -0.1) is 6.58 Å². The van der Waals surface area contributed by atoms with Crippen LogP contribution in [-0.4, -0.2) is 20.9 Å². The second-order valence-corrected chi connectivity index (χ2v) is 9.25. The Bertz CT molecular complexity index is 1170. The summed E-state index contributed by atoms with van der Waals surface area (Å²) < 4.78 is 28.0. The lowest BCUT2D eigenvalue weighted by atomic mass is 10.0. The number of anilines is 2. The van der Waals surface area contributed by atoms with Crippen LogP contribution < -0.4 is 9.62 Å². The molecule has 1 amide bonds. The average Bonchev–Trinajstić information content (AvgIpc) is 2.78. The van der Waals surface area contributed by atoms with E-state index in [0.717, 1.165) is 5.56 Å². The Hall–Kier alpha value is -3.38. The van der Waals surface area contributed by atoms with Gasteiger partial charge in [0.15, 0.2) is 0 Å². The maximum absolute atomic E-state index is 13.3. The summed E-state index contributed by atoms with van der Waals surface area (Å²) >= 11 is 0. The molecular formula is C25H26N2O3S. The number of hydrogen-bond acceptors (Lipinski definition) is 3. The summed E-state index contributed by atoms with van der Waals surface area (Å²) in [4.78, 5) is 12.9. The first-order valence-corrected chi connectivity index (χ1v) is 11.5. The molecule has 3 rings (SSSR count). The lowest BCUT2D eigenvalue weighted by Crippen LogP contribution is -2.31. The number of benzene rings is 3. The third-order valence-electron chi connectivity index (χ3n) is 4.85. The fourth-order valence-electron chi connectivity index (χ4n) is 3.29. The number of rotatable bonds is 8. The zero-order valence-corrected chi connectivity index (χ0v) is 18.5. The highest BCUT2D eigenvalue weighted by molar-refractivity contribution is 7.92. The first-order valence-electron chi connectivity index (χ1n) is 10.0. The van der Waals surface area contributed by atoms with Crippen molar-refractivity contribution in [1.29, 1.82) is 0 Å². The van der Waals surface area contributed by atoms with Crippen LogP contribution in [0, 0.1) is 0 Å². The summed E-state index contributed by atoms with van der Waals surface area (Å²) in [5.74, 6) is -0.123. The molecule has 31 heavy (non-hydrogen) atoms. The minimum absolute atomic E-state index is 0.0444. The van der Waals surface area contributed by atoms with Gasteiger partial charge in [0.05, 0.1) is 17.1 Å². The quantitative estimate of drug-likeness (QED) is 0.480. The molecule has 0 fully saturated rings. The Kier molecular flexibility index (Phi) is 6.92. The van der Waals surface area contributed by atoms with E-state index in [9.17, 15) is 13.2 Å². The minimum Gasteiger partial charge on any atom is -0.322 e. The number of nitrogens with zero attached hydrogens (tertiary/aromatic N) is 1. The van der Waals surface area contributed by atoms with E-state index in [-0.39, 0.29) is 28.8 Å². The zero-order valence-electron chi connectivity index (χ0n) is 17.7. The van der Waals surface area contributed by atoms with Gasteiger partial charge in [0, 0.05) is 11.3 Å². The van der Waals surface area contributed by atoms with E-state index in [1.54, 1.807) is 36.4 Å². The SMILES string of the molecule is C=CCN(c1ccccc1)S(=O)(=O)c1cccc(C(=O)Nc2ccccc2C(C)C)c1. The highest BCUT2D eigenvalue weighted by Gasteiger charge is 2.25. The van der Waals surface area contributed by atoms with Gasteiger partial charge in [0.25, 0.3) is 15.9 Å². The van der Waals surface area contributed by atoms with Gasteiger partial charge in [-0.3, -0.25) is 9.10 Å². The molecule has 0 aromatic heterocycles. The van der Waals surface area contributed by atoms with Gasteiger partial charge in [0.2, 0.25) is 0 Å². The molecular weight excluding hydrogens is 408 g/mol. The molecule has 0 heterocycles. The van der Waals surface area contributed by atoms with Gasteiger partial charge in [-0.05, 0) is 47.9 Å². The molecule has 1 N–H and O–H groups in total. The topological polar surface area (TPSA) is 66.5 Å². The number of nitrogens with one attached hydrogen (secondary N) is 1. The van der Waals surface area contributed by atoms with Crippen LogP contribution in [-0.2, 0) is 10.0 Å². The molecule has 3 aromatic carbocycles. The van der Waals surface area contributed by atoms with Gasteiger partial charge in [-0.2, -0.15) is 0 Å². The Morgan fingerprint density at radius 1 is 1.00 bits per heavy atom. The molecule has 0 radical (unpaired) electrons. The first-order chi connectivity index (χ1) is 14.8. The largest absolute Gasteiger partial charge is 0.322 e. The summed E-state index contributed by atoms with van der Waals surface area (Å²) in [5.41, 5.74) is 2.53. The van der Waals surface area contributed by atoms with Crippen LogP contribution >= 0.6 is 0 Å². The van der Waals surface area contributed by atoms with Crippen molar-refractivity contribution in [3.63, 3.8) is 0 Å². The highest BCUT2D eigenvalue weighted by Crippen LogP contribution is 2.26. The van der Waals surface area contributed by atoms with Gasteiger partial charge < -0.3 is 5.32 Å². The molecule has 5 nitrogen and oxygen atoms in total. The lowest BCUT2D eigenvalue weighted by Gasteiger charge is -2.23. The summed E-state index contributed by atoms with van der Waals surface area (Å²) in [5, 5.41) is 2.91. The normalized spacial score (nSPS) is 11.2. The standard InChI is InChI=1S/C25H26N2O3S/c1-4-17-27(21-12-6-5-7-13-21)31(29,30)22-14-10-11-20(18-22)25(28)26-24-16-9-8-15-23(24)19(2)3/h4-16,18-19H,1,17H2,2-3H3,(H,26,28). The molecule has 0 aliphatic carbocycles. The van der Waals surface area contributed by atoms with Crippen molar-refractivity contribution >= 4 is 27.3 Å². The predicted octanol–water partition coefficient (Wildman–Crippen LogP) is 5.44. The smallest absolute Gasteiger partial charge is 0.264 e. The summed E-state index contributed by atoms with van der Waals surface area (Å²) in [6.45, 7) is 7.90. The van der Waals surface area contributed by atoms with Gasteiger partial charge in [-0.25, -0.2) is 8.42 Å². The van der Waals surface area contributed by atoms with E-state index in [4.69, 9.17) is 0 Å². The fraction of sp³-hybridized carbons (Fsp3) is 0.160. The molecule has 6 heteroatoms. The summed E-state index contributed by atoms with van der Waals surface area (Å²) in [6.07, 6.45) is 1.53. The van der Waals surface area contributed by atoms with Crippen LogP contribution in [0.25, 0.3) is 0 Å². The third kappa shape index (κ3) is 5.03. The molecule has 0 unspecified atom stereocenters. The van der Waals surface area contributed by atoms with Gasteiger partial charge in [0.1, 0.15) is 0 Å². The van der Waals surface area contributed by atoms with Gasteiger partial charge in [-0.1, -0.05) is 62.4 Å². The molecule has 0 bridgehead atoms. The monoisotopic (exact) mass is 434 g/mol. The first kappa shape index (κ1) is 22.3. The number of carbonyl (C=O) groups is 1. The van der Waals surface area contributed by atoms with E-state index in [2.05, 4.69) is 25.7 Å². The number of amides is 1. The van der Waals surface area contributed by atoms with Crippen LogP contribution in [0.5, 0.6) is 0 Å². The molecule has 3 aromatic rings. The van der Waals surface area contributed by atoms with Crippen LogP contribution in [0.2, 0.25) is 0 Å². The highest BCUT2D eigenvalue weighted by atomic mass is 32.2. The second-order valence-electron chi connectivity index (χ2n) is 7.38. The molecule has 0 spiro atoms. The van der Waals surface area contributed by atoms with E-state index < -0.39 is 10.0 Å². The summed E-state index contributed by atoms with van der Waals surface area (Å²) in [6, 6.07) is 22.5. The van der Waals surface area contributed by atoms with Crippen molar-refractivity contribution in [2.75, 3.05) is 16.2 Å². The predicted molar refractivity (Wildman–Crippen MR) is 126 cm³/mol. The molecule has 0 aliphatic heterocycles. The van der Waals surface area contributed by atoms with Crippen LogP contribution in [0.1, 0.15) is 35.7 Å². The maximum atomic E-state index is 13.3. The minimum atomic E-state index is -3.88. The van der Waals surface area contributed by atoms with E-state index >= 15 is 0 Å². The fourth-order valence-corrected chi connectivity index (χ4v) is 4.77. The summed E-state index contributed by atoms with van der Waals surface area (Å²) in [7, 11) is -3.88. The average molecular weight is 435 g/mol. The van der Waals surface area contributed by atoms with Crippen LogP contribution in [0.15, 0.2) is 96.4 Å².